The van der Waals surface area contributed by atoms with E-state index in [-0.39, 0.29) is 5.91 Å². The van der Waals surface area contributed by atoms with E-state index in [0.717, 1.165) is 15.9 Å². The molecule has 0 aliphatic rings. The van der Waals surface area contributed by atoms with Crippen molar-refractivity contribution in [1.29, 1.82) is 0 Å². The van der Waals surface area contributed by atoms with Crippen LogP contribution in [-0.4, -0.2) is 20.3 Å². The molecule has 3 rings (SSSR count). The number of benzene rings is 1. The minimum Gasteiger partial charge on any atom is -0.319 e. The Labute approximate surface area is 126 Å². The van der Waals surface area contributed by atoms with Gasteiger partial charge in [-0.2, -0.15) is 10.1 Å². The van der Waals surface area contributed by atoms with Gasteiger partial charge in [0, 0.05) is 13.6 Å². The molecule has 0 saturated heterocycles. The van der Waals surface area contributed by atoms with Crippen molar-refractivity contribution in [3.05, 3.63) is 46.5 Å². The Bertz CT molecular complexity index is 885. The van der Waals surface area contributed by atoms with Crippen molar-refractivity contribution in [1.82, 2.24) is 14.3 Å². The maximum Gasteiger partial charge on any atom is 0.297 e. The van der Waals surface area contributed by atoms with Gasteiger partial charge in [0.1, 0.15) is 5.69 Å². The van der Waals surface area contributed by atoms with Gasteiger partial charge in [0.2, 0.25) is 0 Å². The fourth-order valence-corrected chi connectivity index (χ4v) is 3.31. The lowest BCUT2D eigenvalue weighted by Gasteiger charge is -1.99. The number of fused-ring (bicyclic) bond motifs is 1. The number of carbonyl (C=O) groups is 1. The number of para-hydroxylation sites is 1. The van der Waals surface area contributed by atoms with Crippen LogP contribution in [0.4, 0.5) is 0 Å². The first-order valence-corrected chi connectivity index (χ1v) is 7.60. The van der Waals surface area contributed by atoms with Gasteiger partial charge in [0.15, 0.2) is 4.80 Å². The molecule has 5 nitrogen and oxygen atoms in total. The Morgan fingerprint density at radius 2 is 2.14 bits per heavy atom. The minimum absolute atomic E-state index is 0.250. The zero-order chi connectivity index (χ0) is 15.0. The van der Waals surface area contributed by atoms with Gasteiger partial charge in [-0.15, -0.1) is 0 Å². The SMILES string of the molecule is CCn1nc(C)cc1C(=O)N=c1sc2ccccc2n1C. The van der Waals surface area contributed by atoms with Crippen LogP contribution >= 0.6 is 11.3 Å². The molecule has 1 amide bonds. The van der Waals surface area contributed by atoms with E-state index in [1.54, 1.807) is 10.7 Å². The first-order valence-electron chi connectivity index (χ1n) is 6.78. The predicted octanol–water partition coefficient (Wildman–Crippen LogP) is 2.51. The van der Waals surface area contributed by atoms with E-state index in [0.29, 0.717) is 17.0 Å². The molecule has 0 radical (unpaired) electrons. The average Bonchev–Trinajstić information content (AvgIpc) is 3.01. The maximum absolute atomic E-state index is 12.4. The molecule has 3 aromatic rings. The largest absolute Gasteiger partial charge is 0.319 e. The Morgan fingerprint density at radius 3 is 2.86 bits per heavy atom. The molecule has 0 saturated carbocycles. The van der Waals surface area contributed by atoms with Crippen molar-refractivity contribution in [2.75, 3.05) is 0 Å². The summed E-state index contributed by atoms with van der Waals surface area (Å²) < 4.78 is 4.75. The zero-order valence-corrected chi connectivity index (χ0v) is 13.0. The van der Waals surface area contributed by atoms with E-state index in [1.807, 2.05) is 49.7 Å². The molecule has 2 heterocycles. The fraction of sp³-hybridized carbons (Fsp3) is 0.267. The summed E-state index contributed by atoms with van der Waals surface area (Å²) in [5, 5.41) is 4.29. The molecule has 108 valence electrons. The molecule has 21 heavy (non-hydrogen) atoms. The summed E-state index contributed by atoms with van der Waals surface area (Å²) in [6, 6.07) is 9.80. The summed E-state index contributed by atoms with van der Waals surface area (Å²) in [6.45, 7) is 4.49. The summed E-state index contributed by atoms with van der Waals surface area (Å²) in [6.07, 6.45) is 0. The number of amides is 1. The molecular weight excluding hydrogens is 284 g/mol. The Hall–Kier alpha value is -2.21. The van der Waals surface area contributed by atoms with Crippen LogP contribution in [-0.2, 0) is 13.6 Å². The monoisotopic (exact) mass is 300 g/mol. The first-order chi connectivity index (χ1) is 10.1. The summed E-state index contributed by atoms with van der Waals surface area (Å²) in [5.41, 5.74) is 2.44. The third kappa shape index (κ3) is 2.42. The lowest BCUT2D eigenvalue weighted by atomic mass is 10.3. The molecule has 0 bridgehead atoms. The van der Waals surface area contributed by atoms with Crippen LogP contribution in [0.3, 0.4) is 0 Å². The molecule has 2 aromatic heterocycles. The number of carbonyl (C=O) groups excluding carboxylic acids is 1. The summed E-state index contributed by atoms with van der Waals surface area (Å²) >= 11 is 1.51. The molecule has 1 aromatic carbocycles. The van der Waals surface area contributed by atoms with E-state index in [1.165, 1.54) is 11.3 Å². The second-order valence-electron chi connectivity index (χ2n) is 4.82. The Morgan fingerprint density at radius 1 is 1.38 bits per heavy atom. The second-order valence-corrected chi connectivity index (χ2v) is 5.82. The van der Waals surface area contributed by atoms with E-state index >= 15 is 0 Å². The highest BCUT2D eigenvalue weighted by Crippen LogP contribution is 2.15. The average molecular weight is 300 g/mol. The van der Waals surface area contributed by atoms with E-state index in [9.17, 15) is 4.79 Å². The molecule has 0 N–H and O–H groups in total. The van der Waals surface area contributed by atoms with Gasteiger partial charge < -0.3 is 4.57 Å². The number of rotatable bonds is 2. The lowest BCUT2D eigenvalue weighted by Crippen LogP contribution is -2.15. The fourth-order valence-electron chi connectivity index (χ4n) is 2.29. The van der Waals surface area contributed by atoms with Gasteiger partial charge >= 0.3 is 0 Å². The summed E-state index contributed by atoms with van der Waals surface area (Å²) in [5.74, 6) is -0.250. The van der Waals surface area contributed by atoms with Gasteiger partial charge in [0.25, 0.3) is 5.91 Å². The molecule has 0 spiro atoms. The highest BCUT2D eigenvalue weighted by atomic mass is 32.1. The topological polar surface area (TPSA) is 52.2 Å². The predicted molar refractivity (Wildman–Crippen MR) is 83.3 cm³/mol. The molecule has 6 heteroatoms. The first kappa shape index (κ1) is 13.8. The van der Waals surface area contributed by atoms with Crippen molar-refractivity contribution in [2.24, 2.45) is 12.0 Å². The van der Waals surface area contributed by atoms with E-state index in [4.69, 9.17) is 0 Å². The smallest absolute Gasteiger partial charge is 0.297 e. The highest BCUT2D eigenvalue weighted by Gasteiger charge is 2.13. The second kappa shape index (κ2) is 5.29. The standard InChI is InChI=1S/C15H16N4OS/c1-4-19-12(9-10(2)17-19)14(20)16-15-18(3)11-7-5-6-8-13(11)21-15/h5-9H,4H2,1-3H3. The third-order valence-corrected chi connectivity index (χ3v) is 4.45. The molecule has 0 aliphatic carbocycles. The maximum atomic E-state index is 12.4. The van der Waals surface area contributed by atoms with Crippen LogP contribution in [0.1, 0.15) is 23.1 Å². The van der Waals surface area contributed by atoms with Crippen LogP contribution in [0.2, 0.25) is 0 Å². The lowest BCUT2D eigenvalue weighted by molar-refractivity contribution is 0.0988. The number of nitrogens with zero attached hydrogens (tertiary/aromatic N) is 4. The van der Waals surface area contributed by atoms with Crippen molar-refractivity contribution in [2.45, 2.75) is 20.4 Å². The zero-order valence-electron chi connectivity index (χ0n) is 12.2. The van der Waals surface area contributed by atoms with Crippen molar-refractivity contribution < 1.29 is 4.79 Å². The molecule has 0 aliphatic heterocycles. The quantitative estimate of drug-likeness (QED) is 0.730. The molecule has 0 atom stereocenters. The number of hydrogen-bond acceptors (Lipinski definition) is 3. The van der Waals surface area contributed by atoms with E-state index in [2.05, 4.69) is 10.1 Å². The van der Waals surface area contributed by atoms with Gasteiger partial charge in [-0.1, -0.05) is 23.5 Å². The summed E-state index contributed by atoms with van der Waals surface area (Å²) in [4.78, 5) is 17.4. The van der Waals surface area contributed by atoms with Crippen LogP contribution < -0.4 is 4.80 Å². The number of hydrogen-bond donors (Lipinski definition) is 0. The van der Waals surface area contributed by atoms with Crippen molar-refractivity contribution in [3.8, 4) is 0 Å². The Kier molecular flexibility index (Phi) is 3.47. The normalized spacial score (nSPS) is 12.2. The molecule has 0 unspecified atom stereocenters. The number of aryl methyl sites for hydroxylation is 3. The Balaban J connectivity index is 2.11. The van der Waals surface area contributed by atoms with Crippen LogP contribution in [0, 0.1) is 6.92 Å². The van der Waals surface area contributed by atoms with Crippen LogP contribution in [0.15, 0.2) is 35.3 Å². The van der Waals surface area contributed by atoms with Crippen LogP contribution in [0.25, 0.3) is 10.2 Å². The van der Waals surface area contributed by atoms with Gasteiger partial charge in [0.05, 0.1) is 15.9 Å². The third-order valence-electron chi connectivity index (χ3n) is 3.33. The minimum atomic E-state index is -0.250. The number of thiazole rings is 1. The number of aromatic nitrogens is 3. The molecule has 0 fully saturated rings. The van der Waals surface area contributed by atoms with Crippen molar-refractivity contribution in [3.63, 3.8) is 0 Å². The summed E-state index contributed by atoms with van der Waals surface area (Å²) in [7, 11) is 1.92. The van der Waals surface area contributed by atoms with Gasteiger partial charge in [-0.25, -0.2) is 0 Å². The highest BCUT2D eigenvalue weighted by molar-refractivity contribution is 7.16. The van der Waals surface area contributed by atoms with Gasteiger partial charge in [-0.05, 0) is 32.0 Å². The molecular formula is C15H16N4OS. The van der Waals surface area contributed by atoms with E-state index < -0.39 is 0 Å². The van der Waals surface area contributed by atoms with Crippen molar-refractivity contribution >= 4 is 27.5 Å². The van der Waals surface area contributed by atoms with Crippen LogP contribution in [0.5, 0.6) is 0 Å². The van der Waals surface area contributed by atoms with Gasteiger partial charge in [-0.3, -0.25) is 9.48 Å².